The first-order valence-corrected chi connectivity index (χ1v) is 6.52. The van der Waals surface area contributed by atoms with E-state index in [2.05, 4.69) is 6.92 Å². The molecule has 0 radical (unpaired) electrons. The highest BCUT2D eigenvalue weighted by molar-refractivity contribution is 5.81. The third-order valence-corrected chi connectivity index (χ3v) is 2.94. The van der Waals surface area contributed by atoms with E-state index in [1.807, 2.05) is 12.1 Å². The van der Waals surface area contributed by atoms with Crippen LogP contribution >= 0.6 is 0 Å². The zero-order valence-electron chi connectivity index (χ0n) is 10.6. The molecule has 1 aromatic carbocycles. The van der Waals surface area contributed by atoms with Crippen LogP contribution < -0.4 is 0 Å². The van der Waals surface area contributed by atoms with Crippen LogP contribution in [-0.2, 0) is 11.2 Å². The quantitative estimate of drug-likeness (QED) is 0.693. The van der Waals surface area contributed by atoms with Gasteiger partial charge in [-0.25, -0.2) is 0 Å². The molecule has 1 aromatic rings. The minimum atomic E-state index is 0.225. The molecule has 0 saturated heterocycles. The first-order chi connectivity index (χ1) is 8.24. The number of para-hydroxylation sites is 1. The Morgan fingerprint density at radius 1 is 1.12 bits per heavy atom. The standard InChI is InChI=1S/C15H22O2/c1-2-3-4-5-6-10-14(16)12-13-9-7-8-11-15(13)17/h7-9,11,17H,2-6,10,12H2,1H3. The highest BCUT2D eigenvalue weighted by Crippen LogP contribution is 2.17. The molecule has 0 aliphatic rings. The fourth-order valence-corrected chi connectivity index (χ4v) is 1.89. The molecule has 0 saturated carbocycles. The topological polar surface area (TPSA) is 37.3 Å². The molecule has 0 fully saturated rings. The maximum absolute atomic E-state index is 11.7. The van der Waals surface area contributed by atoms with Crippen LogP contribution in [0.5, 0.6) is 5.75 Å². The van der Waals surface area contributed by atoms with Gasteiger partial charge in [-0.05, 0) is 12.5 Å². The minimum absolute atomic E-state index is 0.225. The van der Waals surface area contributed by atoms with Crippen molar-refractivity contribution in [2.75, 3.05) is 0 Å². The van der Waals surface area contributed by atoms with E-state index in [0.29, 0.717) is 12.8 Å². The molecule has 0 aliphatic carbocycles. The van der Waals surface area contributed by atoms with Gasteiger partial charge in [-0.3, -0.25) is 4.79 Å². The summed E-state index contributed by atoms with van der Waals surface area (Å²) in [5.74, 6) is 0.454. The Balaban J connectivity index is 2.23. The van der Waals surface area contributed by atoms with Crippen LogP contribution in [0, 0.1) is 0 Å². The summed E-state index contributed by atoms with van der Waals surface area (Å²) in [5, 5.41) is 9.55. The molecule has 0 heterocycles. The number of carbonyl (C=O) groups is 1. The highest BCUT2D eigenvalue weighted by atomic mass is 16.3. The summed E-state index contributed by atoms with van der Waals surface area (Å²) >= 11 is 0. The van der Waals surface area contributed by atoms with Crippen molar-refractivity contribution < 1.29 is 9.90 Å². The smallest absolute Gasteiger partial charge is 0.137 e. The van der Waals surface area contributed by atoms with Gasteiger partial charge < -0.3 is 5.11 Å². The molecule has 0 aromatic heterocycles. The van der Waals surface area contributed by atoms with E-state index in [4.69, 9.17) is 0 Å². The molecule has 17 heavy (non-hydrogen) atoms. The van der Waals surface area contributed by atoms with Crippen molar-refractivity contribution in [1.82, 2.24) is 0 Å². The van der Waals surface area contributed by atoms with Gasteiger partial charge in [-0.15, -0.1) is 0 Å². The van der Waals surface area contributed by atoms with Gasteiger partial charge in [0, 0.05) is 18.4 Å². The molecule has 2 nitrogen and oxygen atoms in total. The lowest BCUT2D eigenvalue weighted by Gasteiger charge is -2.03. The lowest BCUT2D eigenvalue weighted by atomic mass is 10.0. The van der Waals surface area contributed by atoms with E-state index in [0.717, 1.165) is 18.4 Å². The first-order valence-electron chi connectivity index (χ1n) is 6.52. The number of carbonyl (C=O) groups excluding carboxylic acids is 1. The summed E-state index contributed by atoms with van der Waals surface area (Å²) in [6.45, 7) is 2.18. The van der Waals surface area contributed by atoms with E-state index >= 15 is 0 Å². The van der Waals surface area contributed by atoms with E-state index in [1.165, 1.54) is 19.3 Å². The van der Waals surface area contributed by atoms with Gasteiger partial charge >= 0.3 is 0 Å². The van der Waals surface area contributed by atoms with Gasteiger partial charge in [-0.2, -0.15) is 0 Å². The second kappa shape index (κ2) is 7.88. The van der Waals surface area contributed by atoms with Gasteiger partial charge in [0.15, 0.2) is 0 Å². The number of phenolic OH excluding ortho intramolecular Hbond substituents is 1. The molecule has 2 heteroatoms. The molecular weight excluding hydrogens is 212 g/mol. The Hall–Kier alpha value is -1.31. The number of benzene rings is 1. The van der Waals surface area contributed by atoms with Crippen molar-refractivity contribution in [3.8, 4) is 5.75 Å². The molecule has 1 N–H and O–H groups in total. The van der Waals surface area contributed by atoms with Crippen molar-refractivity contribution in [1.29, 1.82) is 0 Å². The number of hydrogen-bond donors (Lipinski definition) is 1. The number of unbranched alkanes of at least 4 members (excludes halogenated alkanes) is 4. The average Bonchev–Trinajstić information content (AvgIpc) is 2.32. The predicted octanol–water partition coefficient (Wildman–Crippen LogP) is 3.86. The second-order valence-corrected chi connectivity index (χ2v) is 4.51. The fraction of sp³-hybridized carbons (Fsp3) is 0.533. The number of phenols is 1. The van der Waals surface area contributed by atoms with Crippen LogP contribution in [-0.4, -0.2) is 10.9 Å². The normalized spacial score (nSPS) is 10.4. The Kier molecular flexibility index (Phi) is 6.38. The monoisotopic (exact) mass is 234 g/mol. The Labute approximate surface area is 104 Å². The molecule has 1 rings (SSSR count). The lowest BCUT2D eigenvalue weighted by molar-refractivity contribution is -0.118. The van der Waals surface area contributed by atoms with Crippen LogP contribution in [0.1, 0.15) is 51.0 Å². The van der Waals surface area contributed by atoms with Gasteiger partial charge in [0.25, 0.3) is 0 Å². The van der Waals surface area contributed by atoms with Crippen molar-refractivity contribution in [3.05, 3.63) is 29.8 Å². The Morgan fingerprint density at radius 2 is 1.82 bits per heavy atom. The van der Waals surface area contributed by atoms with Crippen molar-refractivity contribution >= 4 is 5.78 Å². The Morgan fingerprint density at radius 3 is 2.53 bits per heavy atom. The van der Waals surface area contributed by atoms with E-state index in [1.54, 1.807) is 12.1 Å². The Bertz CT molecular complexity index is 345. The van der Waals surface area contributed by atoms with Crippen molar-refractivity contribution in [2.24, 2.45) is 0 Å². The van der Waals surface area contributed by atoms with Gasteiger partial charge in [0.2, 0.25) is 0 Å². The summed E-state index contributed by atoms with van der Waals surface area (Å²) in [6, 6.07) is 7.06. The van der Waals surface area contributed by atoms with Crippen LogP contribution in [0.2, 0.25) is 0 Å². The molecule has 0 amide bonds. The van der Waals surface area contributed by atoms with Crippen LogP contribution in [0.4, 0.5) is 0 Å². The number of aromatic hydroxyl groups is 1. The van der Waals surface area contributed by atoms with Crippen LogP contribution in [0.3, 0.4) is 0 Å². The summed E-state index contributed by atoms with van der Waals surface area (Å²) < 4.78 is 0. The second-order valence-electron chi connectivity index (χ2n) is 4.51. The maximum atomic E-state index is 11.7. The lowest BCUT2D eigenvalue weighted by Crippen LogP contribution is -2.02. The van der Waals surface area contributed by atoms with Gasteiger partial charge in [0.1, 0.15) is 11.5 Å². The highest BCUT2D eigenvalue weighted by Gasteiger charge is 2.06. The van der Waals surface area contributed by atoms with Gasteiger partial charge in [-0.1, -0.05) is 50.8 Å². The zero-order valence-corrected chi connectivity index (χ0v) is 10.6. The molecule has 0 unspecified atom stereocenters. The number of Topliss-reactive ketones (excluding diaryl/α,β-unsaturated/α-hetero) is 1. The van der Waals surface area contributed by atoms with Crippen molar-refractivity contribution in [2.45, 2.75) is 51.9 Å². The molecule has 0 bridgehead atoms. The third kappa shape index (κ3) is 5.53. The molecule has 0 aliphatic heterocycles. The molecular formula is C15H22O2. The average molecular weight is 234 g/mol. The predicted molar refractivity (Wildman–Crippen MR) is 70.2 cm³/mol. The number of rotatable bonds is 8. The summed E-state index contributed by atoms with van der Waals surface area (Å²) in [4.78, 5) is 11.7. The summed E-state index contributed by atoms with van der Waals surface area (Å²) in [5.41, 5.74) is 0.742. The summed E-state index contributed by atoms with van der Waals surface area (Å²) in [6.07, 6.45) is 6.82. The summed E-state index contributed by atoms with van der Waals surface area (Å²) in [7, 11) is 0. The number of ketones is 1. The largest absolute Gasteiger partial charge is 0.508 e. The molecule has 0 spiro atoms. The van der Waals surface area contributed by atoms with Crippen LogP contribution in [0.25, 0.3) is 0 Å². The zero-order chi connectivity index (χ0) is 12.5. The van der Waals surface area contributed by atoms with Crippen LogP contribution in [0.15, 0.2) is 24.3 Å². The van der Waals surface area contributed by atoms with Crippen molar-refractivity contribution in [3.63, 3.8) is 0 Å². The van der Waals surface area contributed by atoms with Gasteiger partial charge in [0.05, 0.1) is 0 Å². The fourth-order valence-electron chi connectivity index (χ4n) is 1.89. The number of hydrogen-bond acceptors (Lipinski definition) is 2. The maximum Gasteiger partial charge on any atom is 0.137 e. The van der Waals surface area contributed by atoms with E-state index in [9.17, 15) is 9.90 Å². The molecule has 0 atom stereocenters. The minimum Gasteiger partial charge on any atom is -0.508 e. The van der Waals surface area contributed by atoms with E-state index < -0.39 is 0 Å². The van der Waals surface area contributed by atoms with E-state index in [-0.39, 0.29) is 11.5 Å². The third-order valence-electron chi connectivity index (χ3n) is 2.94. The first kappa shape index (κ1) is 13.8. The molecule has 94 valence electrons. The SMILES string of the molecule is CCCCCCCC(=O)Cc1ccccc1O.